The van der Waals surface area contributed by atoms with E-state index in [2.05, 4.69) is 13.8 Å². The van der Waals surface area contributed by atoms with Gasteiger partial charge in [-0.1, -0.05) is 13.8 Å². The van der Waals surface area contributed by atoms with Crippen molar-refractivity contribution >= 4 is 11.8 Å². The van der Waals surface area contributed by atoms with Gasteiger partial charge in [0, 0.05) is 13.1 Å². The third kappa shape index (κ3) is 3.01. The fraction of sp³-hybridized carbons (Fsp3) is 0.800. The standard InChI is InChI=1S/C10H18N2O2/c1-7-3-8(2)6-12(5-7)10(14)4-9(11)13/h7-8H,3-6H2,1-2H3,(H2,11,13). The quantitative estimate of drug-likeness (QED) is 0.651. The fourth-order valence-corrected chi connectivity index (χ4v) is 2.13. The maximum absolute atomic E-state index is 11.5. The normalized spacial score (nSPS) is 27.4. The highest BCUT2D eigenvalue weighted by molar-refractivity contribution is 5.96. The number of carbonyl (C=O) groups excluding carboxylic acids is 2. The molecule has 1 saturated heterocycles. The van der Waals surface area contributed by atoms with Gasteiger partial charge in [-0.25, -0.2) is 0 Å². The van der Waals surface area contributed by atoms with Crippen LogP contribution in [0.15, 0.2) is 0 Å². The molecule has 80 valence electrons. The van der Waals surface area contributed by atoms with Crippen molar-refractivity contribution in [3.8, 4) is 0 Å². The lowest BCUT2D eigenvalue weighted by molar-refractivity contribution is -0.137. The van der Waals surface area contributed by atoms with Gasteiger partial charge in [0.1, 0.15) is 6.42 Å². The Kier molecular flexibility index (Phi) is 3.49. The van der Waals surface area contributed by atoms with Crippen LogP contribution in [0.2, 0.25) is 0 Å². The Balaban J connectivity index is 2.50. The van der Waals surface area contributed by atoms with Crippen LogP contribution in [0.1, 0.15) is 26.7 Å². The second-order valence-electron chi connectivity index (χ2n) is 4.39. The summed E-state index contributed by atoms with van der Waals surface area (Å²) in [6, 6.07) is 0. The van der Waals surface area contributed by atoms with E-state index in [-0.39, 0.29) is 12.3 Å². The van der Waals surface area contributed by atoms with Gasteiger partial charge in [0.2, 0.25) is 11.8 Å². The number of primary amides is 1. The van der Waals surface area contributed by atoms with E-state index in [4.69, 9.17) is 5.73 Å². The summed E-state index contributed by atoms with van der Waals surface area (Å²) in [5, 5.41) is 0. The first kappa shape index (κ1) is 11.0. The van der Waals surface area contributed by atoms with Crippen LogP contribution in [0.3, 0.4) is 0 Å². The molecule has 0 aromatic carbocycles. The minimum Gasteiger partial charge on any atom is -0.369 e. The van der Waals surface area contributed by atoms with Gasteiger partial charge >= 0.3 is 0 Å². The van der Waals surface area contributed by atoms with E-state index < -0.39 is 5.91 Å². The average molecular weight is 198 g/mol. The fourth-order valence-electron chi connectivity index (χ4n) is 2.13. The molecule has 0 aliphatic carbocycles. The van der Waals surface area contributed by atoms with Crippen molar-refractivity contribution in [2.75, 3.05) is 13.1 Å². The van der Waals surface area contributed by atoms with Crippen molar-refractivity contribution < 1.29 is 9.59 Å². The van der Waals surface area contributed by atoms with Crippen LogP contribution in [0, 0.1) is 11.8 Å². The lowest BCUT2D eigenvalue weighted by atomic mass is 9.92. The van der Waals surface area contributed by atoms with Crippen LogP contribution in [0.5, 0.6) is 0 Å². The Morgan fingerprint density at radius 2 is 1.79 bits per heavy atom. The van der Waals surface area contributed by atoms with Crippen LogP contribution in [0.4, 0.5) is 0 Å². The van der Waals surface area contributed by atoms with E-state index in [1.165, 1.54) is 0 Å². The Hall–Kier alpha value is -1.06. The molecule has 0 aromatic rings. The topological polar surface area (TPSA) is 63.4 Å². The van der Waals surface area contributed by atoms with E-state index in [0.717, 1.165) is 19.5 Å². The summed E-state index contributed by atoms with van der Waals surface area (Å²) in [6.45, 7) is 5.77. The van der Waals surface area contributed by atoms with E-state index in [0.29, 0.717) is 11.8 Å². The summed E-state index contributed by atoms with van der Waals surface area (Å²) in [4.78, 5) is 23.9. The SMILES string of the molecule is CC1CC(C)CN(C(=O)CC(N)=O)C1. The number of nitrogens with zero attached hydrogens (tertiary/aromatic N) is 1. The number of carbonyl (C=O) groups is 2. The van der Waals surface area contributed by atoms with E-state index in [9.17, 15) is 9.59 Å². The third-order valence-corrected chi connectivity index (χ3v) is 2.55. The van der Waals surface area contributed by atoms with Gasteiger partial charge in [-0.3, -0.25) is 9.59 Å². The third-order valence-electron chi connectivity index (χ3n) is 2.55. The number of nitrogens with two attached hydrogens (primary N) is 1. The Morgan fingerprint density at radius 3 is 2.21 bits per heavy atom. The predicted octanol–water partition coefficient (Wildman–Crippen LogP) is 0.366. The zero-order chi connectivity index (χ0) is 10.7. The Morgan fingerprint density at radius 1 is 1.29 bits per heavy atom. The molecule has 2 atom stereocenters. The zero-order valence-electron chi connectivity index (χ0n) is 8.82. The smallest absolute Gasteiger partial charge is 0.232 e. The highest BCUT2D eigenvalue weighted by atomic mass is 16.2. The van der Waals surface area contributed by atoms with Crippen molar-refractivity contribution in [2.45, 2.75) is 26.7 Å². The summed E-state index contributed by atoms with van der Waals surface area (Å²) < 4.78 is 0. The molecule has 1 rings (SSSR count). The summed E-state index contributed by atoms with van der Waals surface area (Å²) in [7, 11) is 0. The van der Waals surface area contributed by atoms with E-state index in [1.54, 1.807) is 4.90 Å². The summed E-state index contributed by atoms with van der Waals surface area (Å²) in [5.74, 6) is 0.378. The van der Waals surface area contributed by atoms with Crippen LogP contribution in [0.25, 0.3) is 0 Å². The highest BCUT2D eigenvalue weighted by Gasteiger charge is 2.25. The van der Waals surface area contributed by atoms with Gasteiger partial charge in [-0.15, -0.1) is 0 Å². The highest BCUT2D eigenvalue weighted by Crippen LogP contribution is 2.21. The van der Waals surface area contributed by atoms with Crippen molar-refractivity contribution in [3.05, 3.63) is 0 Å². The second-order valence-corrected chi connectivity index (χ2v) is 4.39. The minimum absolute atomic E-state index is 0.129. The lowest BCUT2D eigenvalue weighted by Crippen LogP contribution is -2.43. The van der Waals surface area contributed by atoms with Crippen LogP contribution in [-0.4, -0.2) is 29.8 Å². The molecule has 0 spiro atoms. The minimum atomic E-state index is -0.541. The van der Waals surface area contributed by atoms with Gasteiger partial charge in [-0.05, 0) is 18.3 Å². The van der Waals surface area contributed by atoms with Crippen molar-refractivity contribution in [3.63, 3.8) is 0 Å². The summed E-state index contributed by atoms with van der Waals surface area (Å²) in [6.07, 6.45) is 1.000. The molecule has 1 heterocycles. The van der Waals surface area contributed by atoms with Crippen molar-refractivity contribution in [2.24, 2.45) is 17.6 Å². The first-order valence-electron chi connectivity index (χ1n) is 5.05. The first-order valence-corrected chi connectivity index (χ1v) is 5.05. The average Bonchev–Trinajstić information content (AvgIpc) is 2.00. The van der Waals surface area contributed by atoms with Gasteiger partial charge in [0.25, 0.3) is 0 Å². The van der Waals surface area contributed by atoms with E-state index >= 15 is 0 Å². The molecule has 2 N–H and O–H groups in total. The molecule has 0 saturated carbocycles. The number of hydrogen-bond acceptors (Lipinski definition) is 2. The molecule has 1 aliphatic rings. The lowest BCUT2D eigenvalue weighted by Gasteiger charge is -2.34. The van der Waals surface area contributed by atoms with Gasteiger partial charge in [-0.2, -0.15) is 0 Å². The summed E-state index contributed by atoms with van der Waals surface area (Å²) >= 11 is 0. The molecular formula is C10H18N2O2. The van der Waals surface area contributed by atoms with Gasteiger partial charge < -0.3 is 10.6 Å². The first-order chi connectivity index (χ1) is 6.49. The molecule has 0 aromatic heterocycles. The molecular weight excluding hydrogens is 180 g/mol. The number of rotatable bonds is 2. The molecule has 14 heavy (non-hydrogen) atoms. The second kappa shape index (κ2) is 4.44. The van der Waals surface area contributed by atoms with Crippen LogP contribution in [-0.2, 0) is 9.59 Å². The van der Waals surface area contributed by atoms with Crippen molar-refractivity contribution in [1.82, 2.24) is 4.90 Å². The monoisotopic (exact) mass is 198 g/mol. The molecule has 1 fully saturated rings. The molecule has 1 aliphatic heterocycles. The Bertz CT molecular complexity index is 230. The molecule has 2 unspecified atom stereocenters. The van der Waals surface area contributed by atoms with E-state index in [1.807, 2.05) is 0 Å². The van der Waals surface area contributed by atoms with Gasteiger partial charge in [0.15, 0.2) is 0 Å². The molecule has 0 bridgehead atoms. The van der Waals surface area contributed by atoms with Crippen LogP contribution < -0.4 is 5.73 Å². The van der Waals surface area contributed by atoms with Crippen LogP contribution >= 0.6 is 0 Å². The number of piperidine rings is 1. The number of hydrogen-bond donors (Lipinski definition) is 1. The largest absolute Gasteiger partial charge is 0.369 e. The zero-order valence-corrected chi connectivity index (χ0v) is 8.82. The molecule has 2 amide bonds. The van der Waals surface area contributed by atoms with Gasteiger partial charge in [0.05, 0.1) is 0 Å². The molecule has 0 radical (unpaired) electrons. The maximum atomic E-state index is 11.5. The number of likely N-dealkylation sites (tertiary alicyclic amines) is 1. The Labute approximate surface area is 84.4 Å². The molecule has 4 heteroatoms. The van der Waals surface area contributed by atoms with Crippen molar-refractivity contribution in [1.29, 1.82) is 0 Å². The maximum Gasteiger partial charge on any atom is 0.232 e. The summed E-state index contributed by atoms with van der Waals surface area (Å²) in [5.41, 5.74) is 4.98. The predicted molar refractivity (Wildman–Crippen MR) is 53.3 cm³/mol. The molecule has 4 nitrogen and oxygen atoms in total. The number of amides is 2.